The van der Waals surface area contributed by atoms with E-state index in [0.29, 0.717) is 0 Å². The molecule has 3 rings (SSSR count). The maximum atomic E-state index is 13.2. The van der Waals surface area contributed by atoms with Gasteiger partial charge in [0.1, 0.15) is 11.1 Å². The number of carbonyl (C=O) groups excluding carboxylic acids is 1. The number of hydrogen-bond acceptors (Lipinski definition) is 6. The van der Waals surface area contributed by atoms with Gasteiger partial charge >= 0.3 is 0 Å². The molecule has 2 aromatic carbocycles. The van der Waals surface area contributed by atoms with Crippen molar-refractivity contribution in [3.8, 4) is 0 Å². The maximum Gasteiger partial charge on any atom is 0.255 e. The van der Waals surface area contributed by atoms with Gasteiger partial charge in [0.25, 0.3) is 5.91 Å². The zero-order valence-electron chi connectivity index (χ0n) is 14.7. The van der Waals surface area contributed by atoms with Crippen LogP contribution in [0.4, 0.5) is 15.8 Å². The lowest BCUT2D eigenvalue weighted by Gasteiger charge is -2.16. The molecule has 1 fully saturated rings. The summed E-state index contributed by atoms with van der Waals surface area (Å²) in [5.41, 5.74) is 0.350. The Morgan fingerprint density at radius 1 is 1.14 bits per heavy atom. The van der Waals surface area contributed by atoms with E-state index in [1.807, 2.05) is 0 Å². The fourth-order valence-corrected chi connectivity index (χ4v) is 7.20. The number of benzene rings is 2. The summed E-state index contributed by atoms with van der Waals surface area (Å²) in [6.07, 6.45) is -1.53. The number of aliphatic hydroxyl groups is 1. The molecule has 1 heterocycles. The van der Waals surface area contributed by atoms with Gasteiger partial charge in [-0.3, -0.25) is 9.52 Å². The molecular weight excluding hydrogens is 447 g/mol. The van der Waals surface area contributed by atoms with E-state index in [9.17, 15) is 31.1 Å². The summed E-state index contributed by atoms with van der Waals surface area (Å²) in [5.74, 6) is -2.55. The standard InChI is InChI=1S/C17H16ClFN2O6S2/c18-13-7-11(4-5-14(13)19)20-17(23)10-2-1-3-12(6-10)21-29(26,27)16-9-28(24,25)8-15(16)22/h1-7,15-16,21-22H,8-9H2,(H,20,23). The maximum absolute atomic E-state index is 13.2. The summed E-state index contributed by atoms with van der Waals surface area (Å²) in [7, 11) is -7.87. The Labute approximate surface area is 171 Å². The lowest BCUT2D eigenvalue weighted by atomic mass is 10.2. The largest absolute Gasteiger partial charge is 0.391 e. The third-order valence-corrected chi connectivity index (χ3v) is 8.25. The lowest BCUT2D eigenvalue weighted by Crippen LogP contribution is -2.36. The van der Waals surface area contributed by atoms with E-state index in [4.69, 9.17) is 11.6 Å². The average Bonchev–Trinajstić information content (AvgIpc) is 2.91. The molecule has 2 atom stereocenters. The molecule has 1 amide bonds. The van der Waals surface area contributed by atoms with Gasteiger partial charge in [-0.2, -0.15) is 0 Å². The first-order valence-electron chi connectivity index (χ1n) is 8.23. The van der Waals surface area contributed by atoms with Crippen LogP contribution >= 0.6 is 11.6 Å². The number of sulfone groups is 1. The van der Waals surface area contributed by atoms with Crippen molar-refractivity contribution in [1.82, 2.24) is 0 Å². The van der Waals surface area contributed by atoms with E-state index in [0.717, 1.165) is 6.07 Å². The first-order valence-corrected chi connectivity index (χ1v) is 12.0. The number of sulfonamides is 1. The third kappa shape index (κ3) is 5.04. The Balaban J connectivity index is 1.77. The van der Waals surface area contributed by atoms with Gasteiger partial charge < -0.3 is 10.4 Å². The van der Waals surface area contributed by atoms with Crippen molar-refractivity contribution in [3.05, 3.63) is 58.9 Å². The molecule has 0 radical (unpaired) electrons. The summed E-state index contributed by atoms with van der Waals surface area (Å²) in [5, 5.41) is 10.6. The van der Waals surface area contributed by atoms with Crippen LogP contribution in [0.2, 0.25) is 5.02 Å². The number of carbonyl (C=O) groups is 1. The van der Waals surface area contributed by atoms with Gasteiger partial charge in [0.2, 0.25) is 10.0 Å². The SMILES string of the molecule is O=C(Nc1ccc(F)c(Cl)c1)c1cccc(NS(=O)(=O)C2CS(=O)(=O)CC2O)c1. The number of hydrogen-bond donors (Lipinski definition) is 3. The van der Waals surface area contributed by atoms with Crippen molar-refractivity contribution in [2.75, 3.05) is 21.5 Å². The van der Waals surface area contributed by atoms with Gasteiger partial charge in [0, 0.05) is 16.9 Å². The molecule has 1 aliphatic heterocycles. The minimum Gasteiger partial charge on any atom is -0.391 e. The summed E-state index contributed by atoms with van der Waals surface area (Å²) in [6.45, 7) is 0. The Bertz CT molecular complexity index is 1170. The summed E-state index contributed by atoms with van der Waals surface area (Å²) in [4.78, 5) is 12.4. The highest BCUT2D eigenvalue weighted by molar-refractivity contribution is 7.97. The predicted octanol–water partition coefficient (Wildman–Crippen LogP) is 1.63. The Kier molecular flexibility index (Phi) is 5.86. The molecule has 12 heteroatoms. The molecule has 0 aromatic heterocycles. The second kappa shape index (κ2) is 7.90. The van der Waals surface area contributed by atoms with Crippen molar-refractivity contribution in [3.63, 3.8) is 0 Å². The number of rotatable bonds is 5. The highest BCUT2D eigenvalue weighted by Crippen LogP contribution is 2.23. The Morgan fingerprint density at radius 2 is 1.86 bits per heavy atom. The van der Waals surface area contributed by atoms with Crippen molar-refractivity contribution < 1.29 is 31.1 Å². The van der Waals surface area contributed by atoms with Crippen LogP contribution in [0, 0.1) is 5.82 Å². The average molecular weight is 463 g/mol. The summed E-state index contributed by atoms with van der Waals surface area (Å²) in [6, 6.07) is 9.09. The van der Waals surface area contributed by atoms with Crippen LogP contribution in [0.3, 0.4) is 0 Å². The Hall–Kier alpha value is -2.21. The topological polar surface area (TPSA) is 130 Å². The van der Waals surface area contributed by atoms with Crippen LogP contribution < -0.4 is 10.0 Å². The van der Waals surface area contributed by atoms with Crippen LogP contribution in [-0.4, -0.2) is 50.7 Å². The summed E-state index contributed by atoms with van der Waals surface area (Å²) >= 11 is 5.67. The van der Waals surface area contributed by atoms with E-state index < -0.39 is 54.4 Å². The minimum atomic E-state index is -4.22. The number of aliphatic hydroxyl groups excluding tert-OH is 1. The molecule has 1 saturated heterocycles. The van der Waals surface area contributed by atoms with Crippen molar-refractivity contribution in [1.29, 1.82) is 0 Å². The molecule has 156 valence electrons. The first kappa shape index (κ1) is 21.5. The Morgan fingerprint density at radius 3 is 2.48 bits per heavy atom. The van der Waals surface area contributed by atoms with Crippen LogP contribution in [0.1, 0.15) is 10.4 Å². The normalized spacial score (nSPS) is 20.9. The van der Waals surface area contributed by atoms with E-state index in [1.54, 1.807) is 0 Å². The summed E-state index contributed by atoms with van der Waals surface area (Å²) < 4.78 is 63.5. The van der Waals surface area contributed by atoms with Gasteiger partial charge in [0.15, 0.2) is 9.84 Å². The molecule has 0 bridgehead atoms. The zero-order chi connectivity index (χ0) is 21.4. The number of amides is 1. The predicted molar refractivity (Wildman–Crippen MR) is 107 cm³/mol. The molecule has 29 heavy (non-hydrogen) atoms. The van der Waals surface area contributed by atoms with Crippen LogP contribution in [-0.2, 0) is 19.9 Å². The van der Waals surface area contributed by atoms with Crippen LogP contribution in [0.15, 0.2) is 42.5 Å². The zero-order valence-corrected chi connectivity index (χ0v) is 17.1. The van der Waals surface area contributed by atoms with Crippen LogP contribution in [0.5, 0.6) is 0 Å². The van der Waals surface area contributed by atoms with E-state index in [2.05, 4.69) is 10.0 Å². The van der Waals surface area contributed by atoms with Gasteiger partial charge in [-0.05, 0) is 36.4 Å². The highest BCUT2D eigenvalue weighted by Gasteiger charge is 2.44. The van der Waals surface area contributed by atoms with Crippen molar-refractivity contribution >= 4 is 48.7 Å². The van der Waals surface area contributed by atoms with Crippen molar-refractivity contribution in [2.24, 2.45) is 0 Å². The molecular formula is C17H16ClFN2O6S2. The molecule has 0 spiro atoms. The van der Waals surface area contributed by atoms with Crippen molar-refractivity contribution in [2.45, 2.75) is 11.4 Å². The lowest BCUT2D eigenvalue weighted by molar-refractivity contribution is 0.102. The van der Waals surface area contributed by atoms with Gasteiger partial charge in [-0.15, -0.1) is 0 Å². The van der Waals surface area contributed by atoms with E-state index in [-0.39, 0.29) is 22.0 Å². The number of anilines is 2. The fourth-order valence-electron chi connectivity index (χ4n) is 2.83. The van der Waals surface area contributed by atoms with Gasteiger partial charge in [-0.25, -0.2) is 21.2 Å². The number of nitrogens with one attached hydrogen (secondary N) is 2. The van der Waals surface area contributed by atoms with Gasteiger partial charge in [0.05, 0.1) is 22.6 Å². The second-order valence-corrected chi connectivity index (χ2v) is 11.0. The highest BCUT2D eigenvalue weighted by atomic mass is 35.5. The van der Waals surface area contributed by atoms with E-state index >= 15 is 0 Å². The molecule has 2 aromatic rings. The molecule has 8 nitrogen and oxygen atoms in total. The van der Waals surface area contributed by atoms with E-state index in [1.165, 1.54) is 36.4 Å². The molecule has 0 saturated carbocycles. The molecule has 0 aliphatic carbocycles. The first-order chi connectivity index (χ1) is 13.5. The van der Waals surface area contributed by atoms with Gasteiger partial charge in [-0.1, -0.05) is 17.7 Å². The smallest absolute Gasteiger partial charge is 0.255 e. The second-order valence-electron chi connectivity index (χ2n) is 6.49. The minimum absolute atomic E-state index is 0.0197. The fraction of sp³-hybridized carbons (Fsp3) is 0.235. The third-order valence-electron chi connectivity index (χ3n) is 4.23. The van der Waals surface area contributed by atoms with Crippen LogP contribution in [0.25, 0.3) is 0 Å². The molecule has 3 N–H and O–H groups in total. The molecule has 2 unspecified atom stereocenters. The quantitative estimate of drug-likeness (QED) is 0.619. The monoisotopic (exact) mass is 462 g/mol. The number of halogens is 2. The molecule has 1 aliphatic rings.